The molecule has 1 fully saturated rings. The summed E-state index contributed by atoms with van der Waals surface area (Å²) in [5.74, 6) is 0.158. The van der Waals surface area contributed by atoms with Crippen LogP contribution in [0.1, 0.15) is 16.9 Å². The Bertz CT molecular complexity index is 330. The maximum absolute atomic E-state index is 11.7. The molecular formula is C8H11N5O. The number of anilines is 1. The van der Waals surface area contributed by atoms with Gasteiger partial charge in [0.15, 0.2) is 0 Å². The molecule has 2 heterocycles. The number of carbonyl (C=O) groups is 1. The van der Waals surface area contributed by atoms with Crippen LogP contribution in [0.25, 0.3) is 0 Å². The van der Waals surface area contributed by atoms with Crippen molar-refractivity contribution >= 4 is 11.7 Å². The molecule has 14 heavy (non-hydrogen) atoms. The Morgan fingerprint density at radius 1 is 1.50 bits per heavy atom. The van der Waals surface area contributed by atoms with Gasteiger partial charge in [-0.15, -0.1) is 0 Å². The molecule has 6 nitrogen and oxygen atoms in total. The molecule has 74 valence electrons. The number of hydrogen-bond donors (Lipinski definition) is 2. The number of nitrogens with one attached hydrogen (secondary N) is 1. The molecule has 0 radical (unpaired) electrons. The molecule has 0 aliphatic carbocycles. The van der Waals surface area contributed by atoms with Gasteiger partial charge in [0.1, 0.15) is 11.5 Å². The van der Waals surface area contributed by atoms with Crippen molar-refractivity contribution in [2.24, 2.45) is 0 Å². The summed E-state index contributed by atoms with van der Waals surface area (Å²) >= 11 is 0. The molecule has 0 bridgehead atoms. The van der Waals surface area contributed by atoms with Crippen molar-refractivity contribution in [3.8, 4) is 0 Å². The highest BCUT2D eigenvalue weighted by Gasteiger charge is 2.20. The first-order chi connectivity index (χ1) is 6.77. The van der Waals surface area contributed by atoms with Crippen LogP contribution in [-0.4, -0.2) is 34.0 Å². The number of nitrogens with two attached hydrogens (primary N) is 1. The second-order valence-electron chi connectivity index (χ2n) is 3.04. The summed E-state index contributed by atoms with van der Waals surface area (Å²) < 4.78 is 0. The molecule has 0 atom stereocenters. The normalized spacial score (nSPS) is 15.9. The minimum absolute atomic E-state index is 0.157. The zero-order valence-corrected chi connectivity index (χ0v) is 7.60. The topological polar surface area (TPSA) is 84.1 Å². The van der Waals surface area contributed by atoms with Gasteiger partial charge >= 0.3 is 0 Å². The van der Waals surface area contributed by atoms with Crippen LogP contribution in [0.15, 0.2) is 12.4 Å². The number of amides is 1. The summed E-state index contributed by atoms with van der Waals surface area (Å²) in [4.78, 5) is 19.4. The fourth-order valence-electron chi connectivity index (χ4n) is 1.29. The molecule has 0 unspecified atom stereocenters. The summed E-state index contributed by atoms with van der Waals surface area (Å²) in [6.07, 6.45) is 3.73. The van der Waals surface area contributed by atoms with E-state index in [1.54, 1.807) is 5.01 Å². The van der Waals surface area contributed by atoms with Crippen LogP contribution in [0.5, 0.6) is 0 Å². The van der Waals surface area contributed by atoms with Crippen LogP contribution in [0.2, 0.25) is 0 Å². The van der Waals surface area contributed by atoms with Crippen molar-refractivity contribution < 1.29 is 4.79 Å². The Kier molecular flexibility index (Phi) is 2.28. The van der Waals surface area contributed by atoms with E-state index in [4.69, 9.17) is 5.73 Å². The van der Waals surface area contributed by atoms with Gasteiger partial charge in [0.2, 0.25) is 0 Å². The molecule has 1 aliphatic heterocycles. The Hall–Kier alpha value is -1.69. The standard InChI is InChI=1S/C8H11N5O/c9-7-5-10-6(4-11-7)8(14)13-3-1-2-12-13/h4-5,12H,1-3H2,(H2,9,11). The third-order valence-electron chi connectivity index (χ3n) is 2.00. The Morgan fingerprint density at radius 3 is 2.93 bits per heavy atom. The minimum Gasteiger partial charge on any atom is -0.382 e. The lowest BCUT2D eigenvalue weighted by molar-refractivity contribution is 0.0720. The van der Waals surface area contributed by atoms with Crippen molar-refractivity contribution in [3.05, 3.63) is 18.1 Å². The van der Waals surface area contributed by atoms with Gasteiger partial charge in [-0.3, -0.25) is 9.80 Å². The minimum atomic E-state index is -0.157. The van der Waals surface area contributed by atoms with Crippen LogP contribution in [0.3, 0.4) is 0 Å². The van der Waals surface area contributed by atoms with Crippen LogP contribution < -0.4 is 11.2 Å². The van der Waals surface area contributed by atoms with E-state index in [1.165, 1.54) is 12.4 Å². The highest BCUT2D eigenvalue weighted by molar-refractivity contribution is 5.91. The van der Waals surface area contributed by atoms with E-state index in [-0.39, 0.29) is 5.91 Å². The lowest BCUT2D eigenvalue weighted by atomic mass is 10.4. The third-order valence-corrected chi connectivity index (χ3v) is 2.00. The van der Waals surface area contributed by atoms with Crippen LogP contribution >= 0.6 is 0 Å². The number of nitrogen functional groups attached to an aromatic ring is 1. The summed E-state index contributed by atoms with van der Waals surface area (Å²) in [6.45, 7) is 1.54. The molecule has 1 aromatic rings. The van der Waals surface area contributed by atoms with Gasteiger partial charge in [-0.05, 0) is 6.42 Å². The second kappa shape index (κ2) is 3.59. The molecule has 1 aliphatic rings. The van der Waals surface area contributed by atoms with Crippen molar-refractivity contribution in [1.29, 1.82) is 0 Å². The molecular weight excluding hydrogens is 182 g/mol. The Balaban J connectivity index is 2.14. The van der Waals surface area contributed by atoms with Crippen molar-refractivity contribution in [2.75, 3.05) is 18.8 Å². The molecule has 6 heteroatoms. The molecule has 0 spiro atoms. The molecule has 0 saturated carbocycles. The first kappa shape index (κ1) is 8.89. The van der Waals surface area contributed by atoms with E-state index < -0.39 is 0 Å². The smallest absolute Gasteiger partial charge is 0.288 e. The molecule has 3 N–H and O–H groups in total. The van der Waals surface area contributed by atoms with Gasteiger partial charge in [0, 0.05) is 13.1 Å². The predicted octanol–water partition coefficient (Wildman–Crippen LogP) is -0.591. The van der Waals surface area contributed by atoms with Crippen LogP contribution in [-0.2, 0) is 0 Å². The Morgan fingerprint density at radius 2 is 2.36 bits per heavy atom. The first-order valence-electron chi connectivity index (χ1n) is 4.40. The van der Waals surface area contributed by atoms with Gasteiger partial charge in [-0.25, -0.2) is 15.4 Å². The number of nitrogens with zero attached hydrogens (tertiary/aromatic N) is 3. The lowest BCUT2D eigenvalue weighted by Crippen LogP contribution is -2.37. The van der Waals surface area contributed by atoms with E-state index in [1.807, 2.05) is 0 Å². The lowest BCUT2D eigenvalue weighted by Gasteiger charge is -2.14. The van der Waals surface area contributed by atoms with Gasteiger partial charge in [-0.1, -0.05) is 0 Å². The average Bonchev–Trinajstić information content (AvgIpc) is 2.71. The van der Waals surface area contributed by atoms with E-state index in [2.05, 4.69) is 15.4 Å². The van der Waals surface area contributed by atoms with Gasteiger partial charge in [-0.2, -0.15) is 0 Å². The Labute approximate surface area is 81.1 Å². The van der Waals surface area contributed by atoms with E-state index >= 15 is 0 Å². The third kappa shape index (κ3) is 1.64. The van der Waals surface area contributed by atoms with E-state index in [0.29, 0.717) is 18.1 Å². The maximum Gasteiger partial charge on any atom is 0.288 e. The van der Waals surface area contributed by atoms with Crippen molar-refractivity contribution in [1.82, 2.24) is 20.4 Å². The molecule has 2 rings (SSSR count). The zero-order chi connectivity index (χ0) is 9.97. The van der Waals surface area contributed by atoms with Crippen LogP contribution in [0, 0.1) is 0 Å². The number of aromatic nitrogens is 2. The summed E-state index contributed by atoms with van der Waals surface area (Å²) in [5, 5.41) is 1.54. The van der Waals surface area contributed by atoms with Gasteiger partial charge in [0.25, 0.3) is 5.91 Å². The van der Waals surface area contributed by atoms with Crippen LogP contribution in [0.4, 0.5) is 5.82 Å². The monoisotopic (exact) mass is 193 g/mol. The first-order valence-corrected chi connectivity index (χ1v) is 4.40. The second-order valence-corrected chi connectivity index (χ2v) is 3.04. The summed E-state index contributed by atoms with van der Waals surface area (Å²) in [7, 11) is 0. The summed E-state index contributed by atoms with van der Waals surface area (Å²) in [6, 6.07) is 0. The van der Waals surface area contributed by atoms with E-state index in [0.717, 1.165) is 13.0 Å². The predicted molar refractivity (Wildman–Crippen MR) is 50.1 cm³/mol. The van der Waals surface area contributed by atoms with Crippen molar-refractivity contribution in [2.45, 2.75) is 6.42 Å². The molecule has 0 aromatic carbocycles. The van der Waals surface area contributed by atoms with E-state index in [9.17, 15) is 4.79 Å². The average molecular weight is 193 g/mol. The molecule has 1 amide bonds. The fraction of sp³-hybridized carbons (Fsp3) is 0.375. The number of rotatable bonds is 1. The fourth-order valence-corrected chi connectivity index (χ4v) is 1.29. The van der Waals surface area contributed by atoms with Crippen molar-refractivity contribution in [3.63, 3.8) is 0 Å². The van der Waals surface area contributed by atoms with Gasteiger partial charge < -0.3 is 5.73 Å². The number of carbonyl (C=O) groups excluding carboxylic acids is 1. The molecule has 1 saturated heterocycles. The van der Waals surface area contributed by atoms with Gasteiger partial charge in [0.05, 0.1) is 12.4 Å². The maximum atomic E-state index is 11.7. The number of hydrazine groups is 1. The highest BCUT2D eigenvalue weighted by atomic mass is 16.2. The quantitative estimate of drug-likeness (QED) is 0.622. The highest BCUT2D eigenvalue weighted by Crippen LogP contribution is 2.04. The summed E-state index contributed by atoms with van der Waals surface area (Å²) in [5.41, 5.74) is 8.63. The molecule has 1 aromatic heterocycles. The number of hydrogen-bond acceptors (Lipinski definition) is 5. The largest absolute Gasteiger partial charge is 0.382 e. The zero-order valence-electron chi connectivity index (χ0n) is 7.60. The SMILES string of the molecule is Nc1cnc(C(=O)N2CCCN2)cn1.